The van der Waals surface area contributed by atoms with E-state index in [1.54, 1.807) is 13.8 Å². The van der Waals surface area contributed by atoms with Crippen LogP contribution in [0.4, 0.5) is 0 Å². The van der Waals surface area contributed by atoms with E-state index >= 15 is 0 Å². The van der Waals surface area contributed by atoms with Crippen molar-refractivity contribution in [3.05, 3.63) is 0 Å². The highest BCUT2D eigenvalue weighted by Gasteiger charge is 2.54. The SMILES string of the molecule is CCCOC(CO)C(O)C(C)(OCCC)[P+](=O)CCCCCC[P+](=O)C(C)(C)COC(C)CO. The highest BCUT2D eigenvalue weighted by atomic mass is 31.1. The van der Waals surface area contributed by atoms with E-state index in [-0.39, 0.29) is 19.3 Å². The van der Waals surface area contributed by atoms with Crippen molar-refractivity contribution in [3.63, 3.8) is 0 Å². The summed E-state index contributed by atoms with van der Waals surface area (Å²) in [6.45, 7) is 11.9. The fraction of sp³-hybridized carbons (Fsp3) is 1.00. The molecule has 3 N–H and O–H groups in total. The zero-order valence-electron chi connectivity index (χ0n) is 22.2. The van der Waals surface area contributed by atoms with Gasteiger partial charge in [0, 0.05) is 13.5 Å². The van der Waals surface area contributed by atoms with Gasteiger partial charge in [-0.2, -0.15) is 0 Å². The molecule has 0 heterocycles. The molecule has 0 fully saturated rings. The van der Waals surface area contributed by atoms with Gasteiger partial charge in [0.1, 0.15) is 18.4 Å². The number of unbranched alkanes of at least 4 members (excludes halogenated alkanes) is 3. The van der Waals surface area contributed by atoms with Crippen molar-refractivity contribution in [2.45, 2.75) is 109 Å². The van der Waals surface area contributed by atoms with Gasteiger partial charge in [0.05, 0.1) is 32.5 Å². The van der Waals surface area contributed by atoms with Crippen LogP contribution in [0.3, 0.4) is 0 Å². The topological polar surface area (TPSA) is 123 Å². The Hall–Kier alpha value is -0.0400. The standard InChI is InChI=1S/C24H50O8P2/c1-7-13-30-21(18-26)22(27)24(6,32-14-8-2)34(29)16-12-10-9-11-15-33(28)23(4,5)19-31-20(3)17-25/h20-22,25-27H,7-19H2,1-6H3/q+2. The van der Waals surface area contributed by atoms with Crippen LogP contribution in [0.25, 0.3) is 0 Å². The minimum atomic E-state index is -1.90. The molecule has 0 saturated heterocycles. The van der Waals surface area contributed by atoms with Crippen molar-refractivity contribution in [1.29, 1.82) is 0 Å². The quantitative estimate of drug-likeness (QED) is 0.137. The molecule has 0 bridgehead atoms. The Bertz CT molecular complexity index is 575. The summed E-state index contributed by atoms with van der Waals surface area (Å²) in [6, 6.07) is 0. The van der Waals surface area contributed by atoms with E-state index in [0.29, 0.717) is 38.6 Å². The molecule has 202 valence electrons. The van der Waals surface area contributed by atoms with Gasteiger partial charge in [-0.3, -0.25) is 0 Å². The molecule has 0 aliphatic rings. The van der Waals surface area contributed by atoms with Gasteiger partial charge in [-0.25, -0.2) is 0 Å². The Kier molecular flexibility index (Phi) is 18.2. The highest BCUT2D eigenvalue weighted by Crippen LogP contribution is 2.45. The van der Waals surface area contributed by atoms with Crippen molar-refractivity contribution in [3.8, 4) is 0 Å². The van der Waals surface area contributed by atoms with Crippen molar-refractivity contribution in [1.82, 2.24) is 0 Å². The lowest BCUT2D eigenvalue weighted by molar-refractivity contribution is -0.136. The van der Waals surface area contributed by atoms with Crippen molar-refractivity contribution in [2.24, 2.45) is 0 Å². The molecule has 0 aromatic rings. The predicted octanol–water partition coefficient (Wildman–Crippen LogP) is 4.67. The second kappa shape index (κ2) is 18.2. The van der Waals surface area contributed by atoms with Crippen molar-refractivity contribution >= 4 is 15.6 Å². The molecule has 0 aromatic carbocycles. The predicted molar refractivity (Wildman–Crippen MR) is 138 cm³/mol. The van der Waals surface area contributed by atoms with Gasteiger partial charge in [-0.05, 0) is 59.3 Å². The van der Waals surface area contributed by atoms with Crippen LogP contribution in [0.5, 0.6) is 0 Å². The minimum Gasteiger partial charge on any atom is -0.394 e. The Morgan fingerprint density at radius 3 is 1.88 bits per heavy atom. The third kappa shape index (κ3) is 12.3. The summed E-state index contributed by atoms with van der Waals surface area (Å²) < 4.78 is 42.8. The molecule has 6 unspecified atom stereocenters. The molecular weight excluding hydrogens is 478 g/mol. The Morgan fingerprint density at radius 2 is 1.38 bits per heavy atom. The van der Waals surface area contributed by atoms with E-state index in [1.807, 2.05) is 27.7 Å². The Morgan fingerprint density at radius 1 is 0.824 bits per heavy atom. The molecule has 0 aromatic heterocycles. The van der Waals surface area contributed by atoms with Crippen LogP contribution in [-0.4, -0.2) is 89.5 Å². The summed E-state index contributed by atoms with van der Waals surface area (Å²) in [7, 11) is -3.35. The third-order valence-corrected chi connectivity index (χ3v) is 10.1. The Balaban J connectivity index is 4.63. The van der Waals surface area contributed by atoms with Crippen LogP contribution in [0.2, 0.25) is 0 Å². The maximum absolute atomic E-state index is 13.2. The molecule has 0 aliphatic heterocycles. The fourth-order valence-corrected chi connectivity index (χ4v) is 6.32. The average molecular weight is 529 g/mol. The van der Waals surface area contributed by atoms with E-state index in [0.717, 1.165) is 32.1 Å². The number of aliphatic hydroxyl groups excluding tert-OH is 3. The summed E-state index contributed by atoms with van der Waals surface area (Å²) in [5.74, 6) is 0. The largest absolute Gasteiger partial charge is 0.394 e. The zero-order chi connectivity index (χ0) is 26.2. The van der Waals surface area contributed by atoms with Gasteiger partial charge in [0.15, 0.2) is 11.3 Å². The number of rotatable bonds is 22. The molecule has 0 rings (SSSR count). The molecule has 8 nitrogen and oxygen atoms in total. The lowest BCUT2D eigenvalue weighted by Gasteiger charge is -2.30. The monoisotopic (exact) mass is 528 g/mol. The lowest BCUT2D eigenvalue weighted by Crippen LogP contribution is -2.49. The summed E-state index contributed by atoms with van der Waals surface area (Å²) in [4.78, 5) is 0. The van der Waals surface area contributed by atoms with Gasteiger partial charge in [0.2, 0.25) is 0 Å². The first kappa shape index (κ1) is 34.0. The molecule has 0 amide bonds. The molecule has 0 radical (unpaired) electrons. The van der Waals surface area contributed by atoms with E-state index in [9.17, 15) is 19.3 Å². The first-order valence-electron chi connectivity index (χ1n) is 12.7. The maximum atomic E-state index is 13.2. The number of hydrogen-bond donors (Lipinski definition) is 3. The summed E-state index contributed by atoms with van der Waals surface area (Å²) in [5, 5.41) is 27.9. The first-order chi connectivity index (χ1) is 16.0. The second-order valence-corrected chi connectivity index (χ2v) is 14.2. The summed E-state index contributed by atoms with van der Waals surface area (Å²) in [6.07, 6.45) is 3.44. The first-order valence-corrected chi connectivity index (χ1v) is 15.6. The van der Waals surface area contributed by atoms with Crippen molar-refractivity contribution in [2.75, 3.05) is 45.4 Å². The van der Waals surface area contributed by atoms with Gasteiger partial charge in [-0.1, -0.05) is 23.0 Å². The average Bonchev–Trinajstić information content (AvgIpc) is 2.82. The smallest absolute Gasteiger partial charge is 0.376 e. The molecule has 0 saturated carbocycles. The zero-order valence-corrected chi connectivity index (χ0v) is 24.0. The third-order valence-electron chi connectivity index (χ3n) is 5.84. The van der Waals surface area contributed by atoms with Crippen LogP contribution >= 0.6 is 15.6 Å². The normalized spacial score (nSPS) is 17.7. The Labute approximate surface area is 208 Å². The van der Waals surface area contributed by atoms with Crippen LogP contribution in [0.15, 0.2) is 0 Å². The second-order valence-electron chi connectivity index (χ2n) is 9.67. The molecule has 6 atom stereocenters. The molecule has 0 spiro atoms. The number of aliphatic hydroxyl groups is 3. The van der Waals surface area contributed by atoms with Gasteiger partial charge < -0.3 is 29.5 Å². The number of hydrogen-bond acceptors (Lipinski definition) is 8. The van der Waals surface area contributed by atoms with Crippen LogP contribution in [0, 0.1) is 0 Å². The van der Waals surface area contributed by atoms with Crippen molar-refractivity contribution < 1.29 is 38.7 Å². The van der Waals surface area contributed by atoms with Crippen LogP contribution < -0.4 is 0 Å². The number of ether oxygens (including phenoxy) is 3. The fourth-order valence-electron chi connectivity index (χ4n) is 3.33. The summed E-state index contributed by atoms with van der Waals surface area (Å²) in [5.41, 5.74) is 0. The van der Waals surface area contributed by atoms with E-state index in [1.165, 1.54) is 0 Å². The molecular formula is C24H50O8P2+2. The van der Waals surface area contributed by atoms with Crippen LogP contribution in [-0.2, 0) is 23.3 Å². The summed E-state index contributed by atoms with van der Waals surface area (Å²) >= 11 is 0. The lowest BCUT2D eigenvalue weighted by atomic mass is 10.1. The molecule has 34 heavy (non-hydrogen) atoms. The van der Waals surface area contributed by atoms with Crippen LogP contribution in [0.1, 0.15) is 80.1 Å². The van der Waals surface area contributed by atoms with E-state index in [2.05, 4.69) is 0 Å². The van der Waals surface area contributed by atoms with Gasteiger partial charge in [-0.15, -0.1) is 0 Å². The minimum absolute atomic E-state index is 0.0545. The van der Waals surface area contributed by atoms with E-state index in [4.69, 9.17) is 19.3 Å². The highest BCUT2D eigenvalue weighted by molar-refractivity contribution is 7.46. The maximum Gasteiger partial charge on any atom is 0.376 e. The molecule has 10 heteroatoms. The van der Waals surface area contributed by atoms with Gasteiger partial charge in [0.25, 0.3) is 5.34 Å². The molecule has 0 aliphatic carbocycles. The van der Waals surface area contributed by atoms with E-state index < -0.39 is 38.3 Å². The van der Waals surface area contributed by atoms with Gasteiger partial charge >= 0.3 is 15.6 Å².